The third-order valence-electron chi connectivity index (χ3n) is 2.62. The number of nitriles is 2. The first-order valence-electron chi connectivity index (χ1n) is 5.90. The Kier molecular flexibility index (Phi) is 4.89. The highest BCUT2D eigenvalue weighted by atomic mass is 35.5. The first kappa shape index (κ1) is 15.0. The lowest BCUT2D eigenvalue weighted by atomic mass is 10.2. The van der Waals surface area contributed by atoms with Crippen LogP contribution in [-0.4, -0.2) is 28.9 Å². The summed E-state index contributed by atoms with van der Waals surface area (Å²) in [7, 11) is 0. The van der Waals surface area contributed by atoms with E-state index >= 15 is 0 Å². The number of carbonyl (C=O) groups excluding carboxylic acids is 1. The van der Waals surface area contributed by atoms with Gasteiger partial charge in [-0.2, -0.15) is 10.5 Å². The lowest BCUT2D eigenvalue weighted by Gasteiger charge is -2.13. The molecule has 0 saturated carbocycles. The Balaban J connectivity index is 2.23. The monoisotopic (exact) mass is 316 g/mol. The van der Waals surface area contributed by atoms with E-state index in [4.69, 9.17) is 22.1 Å². The number of halogens is 1. The minimum atomic E-state index is -0.422. The van der Waals surface area contributed by atoms with Crippen LogP contribution in [0.25, 0.3) is 10.6 Å². The summed E-state index contributed by atoms with van der Waals surface area (Å²) in [5, 5.41) is 20.3. The topological polar surface area (TPSA) is 80.8 Å². The van der Waals surface area contributed by atoms with Gasteiger partial charge in [-0.05, 0) is 12.1 Å². The molecule has 0 N–H and O–H groups in total. The number of aromatic nitrogens is 1. The van der Waals surface area contributed by atoms with Gasteiger partial charge in [0.2, 0.25) is 0 Å². The average molecular weight is 317 g/mol. The van der Waals surface area contributed by atoms with Crippen LogP contribution in [0.2, 0.25) is 5.02 Å². The third-order valence-corrected chi connectivity index (χ3v) is 3.77. The van der Waals surface area contributed by atoms with E-state index in [0.29, 0.717) is 10.0 Å². The highest BCUT2D eigenvalue weighted by molar-refractivity contribution is 7.13. The number of nitrogens with zero attached hydrogens (tertiary/aromatic N) is 4. The van der Waals surface area contributed by atoms with E-state index in [1.165, 1.54) is 11.3 Å². The van der Waals surface area contributed by atoms with Gasteiger partial charge in [-0.25, -0.2) is 4.98 Å². The molecule has 0 fully saturated rings. The van der Waals surface area contributed by atoms with Gasteiger partial charge in [-0.15, -0.1) is 11.3 Å². The van der Waals surface area contributed by atoms with Crippen molar-refractivity contribution in [1.29, 1.82) is 10.5 Å². The minimum Gasteiger partial charge on any atom is -0.311 e. The van der Waals surface area contributed by atoms with Crippen molar-refractivity contribution in [2.24, 2.45) is 0 Å². The fourth-order valence-electron chi connectivity index (χ4n) is 1.63. The van der Waals surface area contributed by atoms with Crippen molar-refractivity contribution in [3.8, 4) is 22.7 Å². The Morgan fingerprint density at radius 2 is 1.86 bits per heavy atom. The molecular formula is C14H9ClN4OS. The van der Waals surface area contributed by atoms with Crippen molar-refractivity contribution in [2.45, 2.75) is 0 Å². The van der Waals surface area contributed by atoms with Crippen LogP contribution in [0.3, 0.4) is 0 Å². The summed E-state index contributed by atoms with van der Waals surface area (Å²) in [6, 6.07) is 10.9. The van der Waals surface area contributed by atoms with Crippen LogP contribution in [0.4, 0.5) is 0 Å². The molecule has 0 saturated heterocycles. The van der Waals surface area contributed by atoms with E-state index in [2.05, 4.69) is 4.98 Å². The summed E-state index contributed by atoms with van der Waals surface area (Å²) in [5.41, 5.74) is 1.09. The first-order chi connectivity index (χ1) is 10.2. The normalized spacial score (nSPS) is 9.67. The van der Waals surface area contributed by atoms with Crippen molar-refractivity contribution in [2.75, 3.05) is 13.1 Å². The smallest absolute Gasteiger partial charge is 0.275 e. The standard InChI is InChI=1S/C14H9ClN4OS/c15-11-3-1-10(2-4-11)13-18-12(9-21-13)14(20)19(7-5-16)8-6-17/h1-4,9H,7-8H2. The molecule has 0 unspecified atom stereocenters. The van der Waals surface area contributed by atoms with Crippen molar-refractivity contribution in [3.63, 3.8) is 0 Å². The second-order valence-corrected chi connectivity index (χ2v) is 5.32. The highest BCUT2D eigenvalue weighted by Crippen LogP contribution is 2.25. The molecule has 1 amide bonds. The van der Waals surface area contributed by atoms with E-state index in [1.54, 1.807) is 17.5 Å². The van der Waals surface area contributed by atoms with Gasteiger partial charge in [0.25, 0.3) is 5.91 Å². The van der Waals surface area contributed by atoms with Gasteiger partial charge >= 0.3 is 0 Å². The summed E-state index contributed by atoms with van der Waals surface area (Å²) < 4.78 is 0. The van der Waals surface area contributed by atoms with Gasteiger partial charge in [0.05, 0.1) is 12.1 Å². The Bertz CT molecular complexity index is 711. The Hall–Kier alpha value is -2.41. The van der Waals surface area contributed by atoms with Crippen LogP contribution in [0, 0.1) is 22.7 Å². The maximum Gasteiger partial charge on any atom is 0.275 e. The molecule has 0 spiro atoms. The molecule has 5 nitrogen and oxygen atoms in total. The third kappa shape index (κ3) is 3.57. The van der Waals surface area contributed by atoms with Gasteiger partial charge in [-0.1, -0.05) is 23.7 Å². The summed E-state index contributed by atoms with van der Waals surface area (Å²) in [5.74, 6) is -0.422. The summed E-state index contributed by atoms with van der Waals surface area (Å²) in [6.45, 7) is -0.277. The number of amides is 1. The number of carbonyl (C=O) groups is 1. The molecule has 21 heavy (non-hydrogen) atoms. The number of thiazole rings is 1. The van der Waals surface area contributed by atoms with Crippen LogP contribution in [-0.2, 0) is 0 Å². The van der Waals surface area contributed by atoms with Gasteiger partial charge in [0, 0.05) is 16.0 Å². The van der Waals surface area contributed by atoms with Crippen molar-refractivity contribution in [3.05, 3.63) is 40.4 Å². The first-order valence-corrected chi connectivity index (χ1v) is 7.16. The zero-order chi connectivity index (χ0) is 15.2. The lowest BCUT2D eigenvalue weighted by Crippen LogP contribution is -2.32. The second-order valence-electron chi connectivity index (χ2n) is 4.02. The predicted octanol–water partition coefficient (Wildman–Crippen LogP) is 2.95. The number of hydrogen-bond donors (Lipinski definition) is 0. The Morgan fingerprint density at radius 1 is 1.24 bits per heavy atom. The van der Waals surface area contributed by atoms with E-state index in [-0.39, 0.29) is 18.8 Å². The molecule has 1 heterocycles. The van der Waals surface area contributed by atoms with E-state index in [1.807, 2.05) is 24.3 Å². The van der Waals surface area contributed by atoms with Crippen LogP contribution < -0.4 is 0 Å². The molecule has 0 aliphatic rings. The van der Waals surface area contributed by atoms with Crippen LogP contribution in [0.5, 0.6) is 0 Å². The SMILES string of the molecule is N#CCN(CC#N)C(=O)c1csc(-c2ccc(Cl)cc2)n1. The van der Waals surface area contributed by atoms with Crippen molar-refractivity contribution in [1.82, 2.24) is 9.88 Å². The molecule has 0 radical (unpaired) electrons. The molecule has 1 aromatic carbocycles. The predicted molar refractivity (Wildman–Crippen MR) is 79.7 cm³/mol. The number of hydrogen-bond acceptors (Lipinski definition) is 5. The highest BCUT2D eigenvalue weighted by Gasteiger charge is 2.18. The van der Waals surface area contributed by atoms with Crippen molar-refractivity contribution < 1.29 is 4.79 Å². The molecule has 2 aromatic rings. The van der Waals surface area contributed by atoms with Crippen LogP contribution in [0.15, 0.2) is 29.6 Å². The summed E-state index contributed by atoms with van der Waals surface area (Å²) in [4.78, 5) is 17.6. The average Bonchev–Trinajstić information content (AvgIpc) is 2.97. The minimum absolute atomic E-state index is 0.139. The molecule has 104 valence electrons. The Labute approximate surface area is 130 Å². The number of rotatable bonds is 4. The van der Waals surface area contributed by atoms with Gasteiger partial charge in [0.1, 0.15) is 23.8 Å². The van der Waals surface area contributed by atoms with Gasteiger partial charge in [0.15, 0.2) is 0 Å². The fourth-order valence-corrected chi connectivity index (χ4v) is 2.56. The van der Waals surface area contributed by atoms with E-state index in [9.17, 15) is 4.79 Å². The largest absolute Gasteiger partial charge is 0.311 e. The molecule has 7 heteroatoms. The zero-order valence-electron chi connectivity index (χ0n) is 10.8. The molecular weight excluding hydrogens is 308 g/mol. The molecule has 0 bridgehead atoms. The maximum absolute atomic E-state index is 12.2. The quantitative estimate of drug-likeness (QED) is 0.812. The molecule has 1 aromatic heterocycles. The maximum atomic E-state index is 12.2. The van der Waals surface area contributed by atoms with Crippen LogP contribution in [0.1, 0.15) is 10.5 Å². The number of benzene rings is 1. The van der Waals surface area contributed by atoms with Gasteiger partial charge in [-0.3, -0.25) is 4.79 Å². The molecule has 0 aliphatic heterocycles. The molecule has 0 aliphatic carbocycles. The fraction of sp³-hybridized carbons (Fsp3) is 0.143. The Morgan fingerprint density at radius 3 is 2.43 bits per heavy atom. The second kappa shape index (κ2) is 6.85. The van der Waals surface area contributed by atoms with E-state index < -0.39 is 5.91 Å². The summed E-state index contributed by atoms with van der Waals surface area (Å²) in [6.07, 6.45) is 0. The molecule has 2 rings (SSSR count). The summed E-state index contributed by atoms with van der Waals surface area (Å²) >= 11 is 7.15. The van der Waals surface area contributed by atoms with Crippen molar-refractivity contribution >= 4 is 28.8 Å². The van der Waals surface area contributed by atoms with Gasteiger partial charge < -0.3 is 4.90 Å². The van der Waals surface area contributed by atoms with Crippen LogP contribution >= 0.6 is 22.9 Å². The molecule has 0 atom stereocenters. The lowest BCUT2D eigenvalue weighted by molar-refractivity contribution is 0.0790. The van der Waals surface area contributed by atoms with E-state index in [0.717, 1.165) is 10.5 Å². The zero-order valence-corrected chi connectivity index (χ0v) is 12.4.